The van der Waals surface area contributed by atoms with Crippen molar-refractivity contribution in [3.05, 3.63) is 54.1 Å². The van der Waals surface area contributed by atoms with Crippen LogP contribution in [0.5, 0.6) is 0 Å². The summed E-state index contributed by atoms with van der Waals surface area (Å²) in [6, 6.07) is 8.89. The van der Waals surface area contributed by atoms with Crippen LogP contribution in [0.4, 0.5) is 0 Å². The molecule has 0 radical (unpaired) electrons. The van der Waals surface area contributed by atoms with E-state index in [9.17, 15) is 0 Å². The van der Waals surface area contributed by atoms with Crippen molar-refractivity contribution in [2.75, 3.05) is 0 Å². The minimum absolute atomic E-state index is 0.610. The van der Waals surface area contributed by atoms with Gasteiger partial charge in [0.1, 0.15) is 18.9 Å². The molecule has 2 heteroatoms. The largest absolute Gasteiger partial charge is 0.243 e. The number of nitrogens with zero attached hydrogens (tertiary/aromatic N) is 2. The van der Waals surface area contributed by atoms with Gasteiger partial charge in [-0.25, -0.2) is 9.13 Å². The van der Waals surface area contributed by atoms with Gasteiger partial charge < -0.3 is 0 Å². The molecule has 0 aliphatic carbocycles. The lowest BCUT2D eigenvalue weighted by molar-refractivity contribution is -0.671. The third kappa shape index (κ3) is 2.51. The summed E-state index contributed by atoms with van der Waals surface area (Å²) < 4.78 is 4.24. The van der Waals surface area contributed by atoms with E-state index in [1.807, 2.05) is 7.05 Å². The lowest BCUT2D eigenvalue weighted by Gasteiger charge is -2.05. The number of aromatic nitrogens is 2. The summed E-state index contributed by atoms with van der Waals surface area (Å²) in [5.74, 6) is 0.610. The lowest BCUT2D eigenvalue weighted by Crippen LogP contribution is -2.23. The highest BCUT2D eigenvalue weighted by atomic mass is 15.1. The molecule has 0 saturated carbocycles. The summed E-state index contributed by atoms with van der Waals surface area (Å²) in [4.78, 5) is 0. The molecular weight excluding hydrogens is 196 g/mol. The van der Waals surface area contributed by atoms with Gasteiger partial charge in [0.15, 0.2) is 0 Å². The van der Waals surface area contributed by atoms with Crippen molar-refractivity contribution >= 4 is 0 Å². The maximum atomic E-state index is 2.23. The van der Waals surface area contributed by atoms with E-state index >= 15 is 0 Å². The summed E-state index contributed by atoms with van der Waals surface area (Å²) in [5.41, 5.74) is 2.75. The molecule has 0 spiro atoms. The van der Waals surface area contributed by atoms with Crippen LogP contribution < -0.4 is 4.57 Å². The van der Waals surface area contributed by atoms with E-state index in [4.69, 9.17) is 0 Å². The van der Waals surface area contributed by atoms with Crippen LogP contribution >= 0.6 is 0 Å². The van der Waals surface area contributed by atoms with Gasteiger partial charge in [-0.1, -0.05) is 38.1 Å². The van der Waals surface area contributed by atoms with Gasteiger partial charge in [-0.2, -0.15) is 0 Å². The first-order valence-corrected chi connectivity index (χ1v) is 5.75. The van der Waals surface area contributed by atoms with Gasteiger partial charge in [0.2, 0.25) is 6.33 Å². The maximum absolute atomic E-state index is 2.23. The molecule has 0 fully saturated rings. The van der Waals surface area contributed by atoms with Crippen LogP contribution in [0.15, 0.2) is 43.0 Å². The van der Waals surface area contributed by atoms with E-state index in [0.717, 1.165) is 6.54 Å². The highest BCUT2D eigenvalue weighted by molar-refractivity contribution is 5.24. The van der Waals surface area contributed by atoms with Gasteiger partial charge in [-0.05, 0) is 17.0 Å². The van der Waals surface area contributed by atoms with Crippen LogP contribution in [-0.4, -0.2) is 4.57 Å². The Labute approximate surface area is 97.2 Å². The Kier molecular flexibility index (Phi) is 3.09. The van der Waals surface area contributed by atoms with Crippen molar-refractivity contribution in [1.29, 1.82) is 0 Å². The molecule has 0 N–H and O–H groups in total. The molecule has 2 rings (SSSR count). The molecule has 0 amide bonds. The van der Waals surface area contributed by atoms with Crippen LogP contribution in [0.3, 0.4) is 0 Å². The molecule has 0 atom stereocenters. The number of aryl methyl sites for hydroxylation is 1. The Morgan fingerprint density at radius 1 is 1.19 bits per heavy atom. The third-order valence-corrected chi connectivity index (χ3v) is 2.84. The zero-order valence-corrected chi connectivity index (χ0v) is 10.2. The van der Waals surface area contributed by atoms with Crippen molar-refractivity contribution in [3.63, 3.8) is 0 Å². The molecule has 16 heavy (non-hydrogen) atoms. The fourth-order valence-electron chi connectivity index (χ4n) is 1.81. The van der Waals surface area contributed by atoms with E-state index < -0.39 is 0 Å². The van der Waals surface area contributed by atoms with Crippen molar-refractivity contribution in [1.82, 2.24) is 4.57 Å². The molecule has 84 valence electrons. The smallest absolute Gasteiger partial charge is 0.240 e. The number of rotatable bonds is 3. The monoisotopic (exact) mass is 215 g/mol. The Balaban J connectivity index is 2.11. The van der Waals surface area contributed by atoms with Gasteiger partial charge in [0.05, 0.1) is 7.05 Å². The van der Waals surface area contributed by atoms with Crippen LogP contribution in [0.2, 0.25) is 0 Å². The van der Waals surface area contributed by atoms with Crippen molar-refractivity contribution in [2.45, 2.75) is 26.3 Å². The number of imidazole rings is 1. The fourth-order valence-corrected chi connectivity index (χ4v) is 1.81. The molecule has 0 bridgehead atoms. The average molecular weight is 215 g/mol. The van der Waals surface area contributed by atoms with E-state index in [0.29, 0.717) is 5.92 Å². The SMILES string of the molecule is CC(C)c1ccc(Cn2cc[n+](C)c2)cc1. The molecule has 1 heterocycles. The zero-order valence-electron chi connectivity index (χ0n) is 10.2. The van der Waals surface area contributed by atoms with Crippen LogP contribution in [0.25, 0.3) is 0 Å². The highest BCUT2D eigenvalue weighted by Gasteiger charge is 2.03. The van der Waals surface area contributed by atoms with Crippen LogP contribution in [-0.2, 0) is 13.6 Å². The van der Waals surface area contributed by atoms with Crippen molar-refractivity contribution in [3.8, 4) is 0 Å². The first kappa shape index (κ1) is 10.9. The summed E-state index contributed by atoms with van der Waals surface area (Å²) >= 11 is 0. The first-order valence-electron chi connectivity index (χ1n) is 5.75. The predicted octanol–water partition coefficient (Wildman–Crippen LogP) is 2.48. The molecule has 0 aliphatic heterocycles. The lowest BCUT2D eigenvalue weighted by atomic mass is 10.0. The summed E-state index contributed by atoms with van der Waals surface area (Å²) in [7, 11) is 2.04. The third-order valence-electron chi connectivity index (χ3n) is 2.84. The Hall–Kier alpha value is -1.57. The standard InChI is InChI=1S/C14H19N2/c1-12(2)14-6-4-13(5-7-14)10-16-9-8-15(3)11-16/h4-9,11-12H,10H2,1-3H3/q+1. The molecule has 1 aromatic heterocycles. The number of hydrogen-bond acceptors (Lipinski definition) is 0. The van der Waals surface area contributed by atoms with Gasteiger partial charge in [-0.15, -0.1) is 0 Å². The van der Waals surface area contributed by atoms with Gasteiger partial charge in [-0.3, -0.25) is 0 Å². The van der Waals surface area contributed by atoms with Crippen LogP contribution in [0.1, 0.15) is 30.9 Å². The minimum atomic E-state index is 0.610. The van der Waals surface area contributed by atoms with Gasteiger partial charge >= 0.3 is 0 Å². The van der Waals surface area contributed by atoms with E-state index in [-0.39, 0.29) is 0 Å². The topological polar surface area (TPSA) is 8.81 Å². The summed E-state index contributed by atoms with van der Waals surface area (Å²) in [6.07, 6.45) is 6.25. The Bertz CT molecular complexity index is 452. The van der Waals surface area contributed by atoms with E-state index in [2.05, 4.69) is 66.0 Å². The summed E-state index contributed by atoms with van der Waals surface area (Å²) in [5, 5.41) is 0. The Morgan fingerprint density at radius 2 is 1.88 bits per heavy atom. The molecule has 0 aliphatic rings. The second-order valence-corrected chi connectivity index (χ2v) is 4.65. The molecular formula is C14H19N2+. The van der Waals surface area contributed by atoms with Crippen LogP contribution in [0, 0.1) is 0 Å². The highest BCUT2D eigenvalue weighted by Crippen LogP contribution is 2.15. The normalized spacial score (nSPS) is 11.0. The maximum Gasteiger partial charge on any atom is 0.243 e. The second kappa shape index (κ2) is 4.52. The average Bonchev–Trinajstić information content (AvgIpc) is 2.65. The predicted molar refractivity (Wildman–Crippen MR) is 65.2 cm³/mol. The van der Waals surface area contributed by atoms with Crippen molar-refractivity contribution < 1.29 is 4.57 Å². The van der Waals surface area contributed by atoms with E-state index in [1.54, 1.807) is 0 Å². The van der Waals surface area contributed by atoms with Gasteiger partial charge in [0.25, 0.3) is 0 Å². The minimum Gasteiger partial charge on any atom is -0.240 e. The molecule has 1 aromatic carbocycles. The zero-order chi connectivity index (χ0) is 11.5. The molecule has 2 aromatic rings. The summed E-state index contributed by atoms with van der Waals surface area (Å²) in [6.45, 7) is 5.39. The van der Waals surface area contributed by atoms with Gasteiger partial charge in [0, 0.05) is 0 Å². The molecule has 0 saturated heterocycles. The Morgan fingerprint density at radius 3 is 2.38 bits per heavy atom. The molecule has 0 unspecified atom stereocenters. The van der Waals surface area contributed by atoms with E-state index in [1.165, 1.54) is 11.1 Å². The number of hydrogen-bond donors (Lipinski definition) is 0. The fraction of sp³-hybridized carbons (Fsp3) is 0.357. The first-order chi connectivity index (χ1) is 7.65. The quantitative estimate of drug-likeness (QED) is 0.696. The van der Waals surface area contributed by atoms with Crippen molar-refractivity contribution in [2.24, 2.45) is 7.05 Å². The molecule has 2 nitrogen and oxygen atoms in total. The second-order valence-electron chi connectivity index (χ2n) is 4.65. The number of benzene rings is 1.